The molecule has 0 aliphatic carbocycles. The Labute approximate surface area is 162 Å². The van der Waals surface area contributed by atoms with Crippen LogP contribution in [0.1, 0.15) is 38.8 Å². The van der Waals surface area contributed by atoms with Crippen molar-refractivity contribution in [2.75, 3.05) is 13.1 Å². The van der Waals surface area contributed by atoms with Crippen LogP contribution >= 0.6 is 12.4 Å². The molecule has 0 bridgehead atoms. The number of hydrogen-bond donors (Lipinski definition) is 1. The van der Waals surface area contributed by atoms with Gasteiger partial charge >= 0.3 is 0 Å². The lowest BCUT2D eigenvalue weighted by Crippen LogP contribution is -2.32. The van der Waals surface area contributed by atoms with E-state index in [1.807, 2.05) is 30.3 Å². The van der Waals surface area contributed by atoms with Gasteiger partial charge in [0, 0.05) is 30.8 Å². The van der Waals surface area contributed by atoms with Gasteiger partial charge < -0.3 is 5.73 Å². The molecule has 1 aromatic carbocycles. The first-order valence-electron chi connectivity index (χ1n) is 9.11. The lowest BCUT2D eigenvalue weighted by atomic mass is 10.1. The Bertz CT molecular complexity index is 736. The van der Waals surface area contributed by atoms with Gasteiger partial charge in [-0.15, -0.1) is 12.4 Å². The summed E-state index contributed by atoms with van der Waals surface area (Å²) >= 11 is 0. The van der Waals surface area contributed by atoms with Gasteiger partial charge in [0.1, 0.15) is 0 Å². The van der Waals surface area contributed by atoms with Crippen LogP contribution in [0.25, 0.3) is 11.3 Å². The van der Waals surface area contributed by atoms with E-state index in [2.05, 4.69) is 37.7 Å². The van der Waals surface area contributed by atoms with E-state index in [1.54, 1.807) is 4.68 Å². The molecule has 1 aromatic heterocycles. The number of hydrogen-bond acceptors (Lipinski definition) is 4. The highest BCUT2D eigenvalue weighted by atomic mass is 35.5. The zero-order valence-electron chi connectivity index (χ0n) is 16.2. The number of nitrogens with two attached hydrogens (primary N) is 1. The number of aromatic nitrogens is 2. The van der Waals surface area contributed by atoms with Crippen molar-refractivity contribution < 1.29 is 0 Å². The Morgan fingerprint density at radius 3 is 2.27 bits per heavy atom. The highest BCUT2D eigenvalue weighted by Gasteiger charge is 2.13. The van der Waals surface area contributed by atoms with E-state index < -0.39 is 0 Å². The van der Waals surface area contributed by atoms with E-state index >= 15 is 0 Å². The standard InChI is InChI=1S/C20H30N4O.ClH/c1-5-23(6-2)14-18-11-19(17-9-7-16(12-21)8-10-17)22-24(20(18)25)13-15(3)4;/h7-11,15H,5-6,12-14,21H2,1-4H3;1H. The van der Waals surface area contributed by atoms with Crippen LogP contribution < -0.4 is 11.3 Å². The molecule has 0 amide bonds. The predicted octanol–water partition coefficient (Wildman–Crippen LogP) is 3.29. The highest BCUT2D eigenvalue weighted by Crippen LogP contribution is 2.18. The van der Waals surface area contributed by atoms with Crippen LogP contribution in [0.2, 0.25) is 0 Å². The largest absolute Gasteiger partial charge is 0.326 e. The Balaban J connectivity index is 0.00000338. The summed E-state index contributed by atoms with van der Waals surface area (Å²) in [6, 6.07) is 10.0. The van der Waals surface area contributed by atoms with Crippen LogP contribution in [0, 0.1) is 5.92 Å². The van der Waals surface area contributed by atoms with Crippen LogP contribution in [0.4, 0.5) is 0 Å². The van der Waals surface area contributed by atoms with E-state index in [0.29, 0.717) is 25.6 Å². The van der Waals surface area contributed by atoms with Crippen molar-refractivity contribution in [3.8, 4) is 11.3 Å². The third-order valence-electron chi connectivity index (χ3n) is 4.36. The molecule has 0 radical (unpaired) electrons. The van der Waals surface area contributed by atoms with Gasteiger partial charge in [-0.2, -0.15) is 5.10 Å². The van der Waals surface area contributed by atoms with Gasteiger partial charge in [-0.1, -0.05) is 52.0 Å². The monoisotopic (exact) mass is 378 g/mol. The second-order valence-electron chi connectivity index (χ2n) is 6.80. The summed E-state index contributed by atoms with van der Waals surface area (Å²) in [7, 11) is 0. The third kappa shape index (κ3) is 5.66. The molecule has 0 fully saturated rings. The summed E-state index contributed by atoms with van der Waals surface area (Å²) < 4.78 is 1.62. The maximum Gasteiger partial charge on any atom is 0.271 e. The van der Waals surface area contributed by atoms with Gasteiger partial charge in [0.05, 0.1) is 5.69 Å². The molecular formula is C20H31ClN4O. The van der Waals surface area contributed by atoms with Gasteiger partial charge in [0.15, 0.2) is 0 Å². The Morgan fingerprint density at radius 2 is 1.77 bits per heavy atom. The lowest BCUT2D eigenvalue weighted by molar-refractivity contribution is 0.292. The summed E-state index contributed by atoms with van der Waals surface area (Å²) in [5.41, 5.74) is 9.43. The molecule has 2 rings (SSSR count). The van der Waals surface area contributed by atoms with Crippen molar-refractivity contribution in [2.24, 2.45) is 11.7 Å². The van der Waals surface area contributed by atoms with Crippen LogP contribution in [-0.4, -0.2) is 27.8 Å². The minimum atomic E-state index is 0. The van der Waals surface area contributed by atoms with Crippen LogP contribution in [-0.2, 0) is 19.6 Å². The molecular weight excluding hydrogens is 348 g/mol. The van der Waals surface area contributed by atoms with Crippen LogP contribution in [0.3, 0.4) is 0 Å². The predicted molar refractivity (Wildman–Crippen MR) is 111 cm³/mol. The molecule has 0 unspecified atom stereocenters. The topological polar surface area (TPSA) is 64.2 Å². The van der Waals surface area contributed by atoms with Crippen molar-refractivity contribution in [1.29, 1.82) is 0 Å². The molecule has 2 N–H and O–H groups in total. The number of nitrogens with zero attached hydrogens (tertiary/aromatic N) is 3. The summed E-state index contributed by atoms with van der Waals surface area (Å²) in [4.78, 5) is 15.1. The van der Waals surface area contributed by atoms with E-state index in [9.17, 15) is 4.79 Å². The molecule has 0 aliphatic rings. The molecule has 26 heavy (non-hydrogen) atoms. The quantitative estimate of drug-likeness (QED) is 0.765. The van der Waals surface area contributed by atoms with Crippen molar-refractivity contribution >= 4 is 12.4 Å². The summed E-state index contributed by atoms with van der Waals surface area (Å²) in [5.74, 6) is 0.362. The van der Waals surface area contributed by atoms with Crippen molar-refractivity contribution in [1.82, 2.24) is 14.7 Å². The molecule has 0 spiro atoms. The fourth-order valence-electron chi connectivity index (χ4n) is 2.82. The molecule has 144 valence electrons. The van der Waals surface area contributed by atoms with Crippen molar-refractivity contribution in [3.63, 3.8) is 0 Å². The SMILES string of the molecule is CCN(CC)Cc1cc(-c2ccc(CN)cc2)nn(CC(C)C)c1=O.Cl. The number of rotatable bonds is 8. The van der Waals surface area contributed by atoms with E-state index in [0.717, 1.165) is 35.5 Å². The van der Waals surface area contributed by atoms with Crippen LogP contribution in [0.15, 0.2) is 35.1 Å². The Hall–Kier alpha value is -1.69. The maximum atomic E-state index is 12.8. The smallest absolute Gasteiger partial charge is 0.271 e. The van der Waals surface area contributed by atoms with Gasteiger partial charge in [0.25, 0.3) is 5.56 Å². The normalized spacial score (nSPS) is 11.0. The number of benzene rings is 1. The highest BCUT2D eigenvalue weighted by molar-refractivity contribution is 5.85. The van der Waals surface area contributed by atoms with Crippen LogP contribution in [0.5, 0.6) is 0 Å². The first-order chi connectivity index (χ1) is 12.0. The average molecular weight is 379 g/mol. The third-order valence-corrected chi connectivity index (χ3v) is 4.36. The molecule has 0 saturated carbocycles. The van der Waals surface area contributed by atoms with Gasteiger partial charge in [0.2, 0.25) is 0 Å². The van der Waals surface area contributed by atoms with Gasteiger partial charge in [-0.25, -0.2) is 4.68 Å². The molecule has 5 nitrogen and oxygen atoms in total. The average Bonchev–Trinajstić information content (AvgIpc) is 2.62. The molecule has 0 saturated heterocycles. The molecule has 6 heteroatoms. The van der Waals surface area contributed by atoms with Crippen molar-refractivity contribution in [2.45, 2.75) is 47.3 Å². The number of halogens is 1. The fraction of sp³-hybridized carbons (Fsp3) is 0.500. The minimum Gasteiger partial charge on any atom is -0.326 e. The fourth-order valence-corrected chi connectivity index (χ4v) is 2.82. The first kappa shape index (κ1) is 22.4. The van der Waals surface area contributed by atoms with E-state index in [4.69, 9.17) is 5.73 Å². The zero-order chi connectivity index (χ0) is 18.4. The molecule has 0 aliphatic heterocycles. The summed E-state index contributed by atoms with van der Waals surface area (Å²) in [5, 5.41) is 4.61. The minimum absolute atomic E-state index is 0. The van der Waals surface area contributed by atoms with Gasteiger partial charge in [-0.3, -0.25) is 9.69 Å². The maximum absolute atomic E-state index is 12.8. The van der Waals surface area contributed by atoms with E-state index in [-0.39, 0.29) is 18.0 Å². The molecule has 2 aromatic rings. The van der Waals surface area contributed by atoms with Crippen molar-refractivity contribution in [3.05, 3.63) is 51.8 Å². The van der Waals surface area contributed by atoms with E-state index in [1.165, 1.54) is 0 Å². The first-order valence-corrected chi connectivity index (χ1v) is 9.11. The second-order valence-corrected chi connectivity index (χ2v) is 6.80. The zero-order valence-corrected chi connectivity index (χ0v) is 17.1. The summed E-state index contributed by atoms with van der Waals surface area (Å²) in [6.07, 6.45) is 0. The van der Waals surface area contributed by atoms with Gasteiger partial charge in [-0.05, 0) is 30.6 Å². The second kappa shape index (κ2) is 10.5. The molecule has 0 atom stereocenters. The lowest BCUT2D eigenvalue weighted by Gasteiger charge is -2.19. The Kier molecular flexibility index (Phi) is 8.99. The summed E-state index contributed by atoms with van der Waals surface area (Å²) in [6.45, 7) is 12.1. The molecule has 1 heterocycles. The Morgan fingerprint density at radius 1 is 1.15 bits per heavy atom.